The van der Waals surface area contributed by atoms with Crippen molar-refractivity contribution in [1.29, 1.82) is 0 Å². The van der Waals surface area contributed by atoms with Gasteiger partial charge in [-0.3, -0.25) is 9.59 Å². The molecule has 0 bridgehead atoms. The Hall–Kier alpha value is -2.05. The molecular formula is C22H31F3N2O2. The van der Waals surface area contributed by atoms with E-state index in [0.717, 1.165) is 18.6 Å². The third-order valence-corrected chi connectivity index (χ3v) is 5.40. The highest BCUT2D eigenvalue weighted by molar-refractivity contribution is 5.84. The van der Waals surface area contributed by atoms with Gasteiger partial charge in [-0.15, -0.1) is 0 Å². The van der Waals surface area contributed by atoms with Gasteiger partial charge in [0.15, 0.2) is 0 Å². The molecule has 0 spiro atoms. The van der Waals surface area contributed by atoms with E-state index < -0.39 is 22.6 Å². The maximum absolute atomic E-state index is 13.0. The lowest BCUT2D eigenvalue weighted by Crippen LogP contribution is -2.49. The van der Waals surface area contributed by atoms with Crippen molar-refractivity contribution >= 4 is 11.8 Å². The molecule has 1 atom stereocenters. The minimum Gasteiger partial charge on any atom is -0.355 e. The summed E-state index contributed by atoms with van der Waals surface area (Å²) in [6, 6.07) is 5.21. The zero-order valence-corrected chi connectivity index (χ0v) is 17.8. The van der Waals surface area contributed by atoms with E-state index in [0.29, 0.717) is 25.1 Å². The summed E-state index contributed by atoms with van der Waals surface area (Å²) in [4.78, 5) is 26.9. The highest BCUT2D eigenvalue weighted by atomic mass is 19.4. The highest BCUT2D eigenvalue weighted by Gasteiger charge is 2.35. The second-order valence-electron chi connectivity index (χ2n) is 9.52. The zero-order chi connectivity index (χ0) is 22.0. The molecule has 0 saturated carbocycles. The summed E-state index contributed by atoms with van der Waals surface area (Å²) >= 11 is 0. The summed E-state index contributed by atoms with van der Waals surface area (Å²) in [6.07, 6.45) is -2.94. The fraction of sp³-hybridized carbons (Fsp3) is 0.636. The lowest BCUT2D eigenvalue weighted by Gasteiger charge is -2.36. The van der Waals surface area contributed by atoms with Crippen LogP contribution in [0.1, 0.15) is 58.6 Å². The molecule has 1 saturated heterocycles. The Labute approximate surface area is 170 Å². The van der Waals surface area contributed by atoms with E-state index in [2.05, 4.69) is 5.32 Å². The minimum atomic E-state index is -4.40. The SMILES string of the molecule is CC(C)(C)C(=O)N1CCCC(C(=O)NCC(C)(C)c2cccc(C(F)(F)F)c2)C1. The van der Waals surface area contributed by atoms with Crippen molar-refractivity contribution in [1.82, 2.24) is 10.2 Å². The van der Waals surface area contributed by atoms with Crippen molar-refractivity contribution < 1.29 is 22.8 Å². The van der Waals surface area contributed by atoms with Crippen LogP contribution in [0.15, 0.2) is 24.3 Å². The number of hydrogen-bond donors (Lipinski definition) is 1. The van der Waals surface area contributed by atoms with Crippen LogP contribution in [0.5, 0.6) is 0 Å². The third-order valence-electron chi connectivity index (χ3n) is 5.40. The average Bonchev–Trinajstić information content (AvgIpc) is 2.64. The number of nitrogens with zero attached hydrogens (tertiary/aromatic N) is 1. The quantitative estimate of drug-likeness (QED) is 0.798. The smallest absolute Gasteiger partial charge is 0.355 e. The lowest BCUT2D eigenvalue weighted by atomic mass is 9.83. The highest BCUT2D eigenvalue weighted by Crippen LogP contribution is 2.32. The van der Waals surface area contributed by atoms with E-state index in [4.69, 9.17) is 0 Å². The number of benzene rings is 1. The molecule has 7 heteroatoms. The van der Waals surface area contributed by atoms with E-state index in [9.17, 15) is 22.8 Å². The summed E-state index contributed by atoms with van der Waals surface area (Å²) in [5.41, 5.74) is -1.34. The van der Waals surface area contributed by atoms with Gasteiger partial charge in [0.25, 0.3) is 0 Å². The van der Waals surface area contributed by atoms with E-state index in [-0.39, 0.29) is 24.3 Å². The first-order valence-electron chi connectivity index (χ1n) is 9.96. The van der Waals surface area contributed by atoms with Gasteiger partial charge in [0.05, 0.1) is 11.5 Å². The van der Waals surface area contributed by atoms with Crippen LogP contribution in [-0.4, -0.2) is 36.3 Å². The monoisotopic (exact) mass is 412 g/mol. The summed E-state index contributed by atoms with van der Waals surface area (Å²) in [7, 11) is 0. The average molecular weight is 412 g/mol. The molecular weight excluding hydrogens is 381 g/mol. The van der Waals surface area contributed by atoms with Gasteiger partial charge in [0, 0.05) is 30.5 Å². The number of piperidine rings is 1. The maximum atomic E-state index is 13.0. The standard InChI is InChI=1S/C22H31F3N2O2/c1-20(2,3)19(29)27-11-7-8-15(13-27)18(28)26-14-21(4,5)16-9-6-10-17(12-16)22(23,24)25/h6,9-10,12,15H,7-8,11,13-14H2,1-5H3,(H,26,28). The second-order valence-corrected chi connectivity index (χ2v) is 9.52. The molecule has 2 rings (SSSR count). The predicted octanol–water partition coefficient (Wildman–Crippen LogP) is 4.38. The van der Waals surface area contributed by atoms with Crippen molar-refractivity contribution in [3.63, 3.8) is 0 Å². The first kappa shape index (κ1) is 23.2. The van der Waals surface area contributed by atoms with Gasteiger partial charge in [-0.25, -0.2) is 0 Å². The molecule has 1 N–H and O–H groups in total. The Morgan fingerprint density at radius 3 is 2.31 bits per heavy atom. The van der Waals surface area contributed by atoms with Crippen LogP contribution >= 0.6 is 0 Å². The van der Waals surface area contributed by atoms with Gasteiger partial charge in [-0.05, 0) is 24.5 Å². The third kappa shape index (κ3) is 5.97. The summed E-state index contributed by atoms with van der Waals surface area (Å²) in [6.45, 7) is 10.4. The Bertz CT molecular complexity index is 751. The fourth-order valence-corrected chi connectivity index (χ4v) is 3.52. The summed E-state index contributed by atoms with van der Waals surface area (Å²) in [5.74, 6) is -0.428. The van der Waals surface area contributed by atoms with Crippen molar-refractivity contribution in [3.8, 4) is 0 Å². The number of nitrogens with one attached hydrogen (secondary N) is 1. The topological polar surface area (TPSA) is 49.4 Å². The molecule has 4 nitrogen and oxygen atoms in total. The van der Waals surface area contributed by atoms with E-state index in [1.54, 1.807) is 24.8 Å². The molecule has 2 amide bonds. The molecule has 1 heterocycles. The Kier molecular flexibility index (Phi) is 6.70. The van der Waals surface area contributed by atoms with Crippen LogP contribution in [0, 0.1) is 11.3 Å². The van der Waals surface area contributed by atoms with Crippen LogP contribution in [0.2, 0.25) is 0 Å². The Balaban J connectivity index is 2.01. The fourth-order valence-electron chi connectivity index (χ4n) is 3.52. The van der Waals surface area contributed by atoms with Crippen LogP contribution in [0.3, 0.4) is 0 Å². The molecule has 1 fully saturated rings. The number of alkyl halides is 3. The molecule has 162 valence electrons. The zero-order valence-electron chi connectivity index (χ0n) is 17.8. The number of carbonyl (C=O) groups is 2. The van der Waals surface area contributed by atoms with Crippen molar-refractivity contribution in [3.05, 3.63) is 35.4 Å². The van der Waals surface area contributed by atoms with Gasteiger partial charge in [-0.2, -0.15) is 13.2 Å². The van der Waals surface area contributed by atoms with Crippen LogP contribution in [0.25, 0.3) is 0 Å². The Morgan fingerprint density at radius 1 is 1.10 bits per heavy atom. The molecule has 0 radical (unpaired) electrons. The van der Waals surface area contributed by atoms with Crippen LogP contribution in [-0.2, 0) is 21.2 Å². The molecule has 29 heavy (non-hydrogen) atoms. The maximum Gasteiger partial charge on any atom is 0.416 e. The predicted molar refractivity (Wildman–Crippen MR) is 106 cm³/mol. The number of likely N-dealkylation sites (tertiary alicyclic amines) is 1. The number of halogens is 3. The van der Waals surface area contributed by atoms with Gasteiger partial charge < -0.3 is 10.2 Å². The minimum absolute atomic E-state index is 0.0271. The molecule has 1 unspecified atom stereocenters. The van der Waals surface area contributed by atoms with E-state index in [1.807, 2.05) is 20.8 Å². The van der Waals surface area contributed by atoms with Crippen molar-refractivity contribution in [2.75, 3.05) is 19.6 Å². The lowest BCUT2D eigenvalue weighted by molar-refractivity contribution is -0.143. The van der Waals surface area contributed by atoms with E-state index in [1.165, 1.54) is 6.07 Å². The largest absolute Gasteiger partial charge is 0.416 e. The number of amides is 2. The normalized spacial score (nSPS) is 18.5. The Morgan fingerprint density at radius 2 is 1.72 bits per heavy atom. The first-order chi connectivity index (χ1) is 13.2. The summed E-state index contributed by atoms with van der Waals surface area (Å²) < 4.78 is 39.0. The van der Waals surface area contributed by atoms with Gasteiger partial charge >= 0.3 is 6.18 Å². The van der Waals surface area contributed by atoms with Crippen LogP contribution < -0.4 is 5.32 Å². The number of hydrogen-bond acceptors (Lipinski definition) is 2. The molecule has 1 aliphatic rings. The number of carbonyl (C=O) groups excluding carboxylic acids is 2. The number of rotatable bonds is 4. The van der Waals surface area contributed by atoms with Gasteiger partial charge in [-0.1, -0.05) is 52.8 Å². The molecule has 0 aliphatic carbocycles. The first-order valence-corrected chi connectivity index (χ1v) is 9.96. The van der Waals surface area contributed by atoms with Gasteiger partial charge in [0.1, 0.15) is 0 Å². The van der Waals surface area contributed by atoms with Crippen LogP contribution in [0.4, 0.5) is 13.2 Å². The molecule has 0 aromatic heterocycles. The second kappa shape index (κ2) is 8.36. The van der Waals surface area contributed by atoms with E-state index >= 15 is 0 Å². The van der Waals surface area contributed by atoms with Crippen molar-refractivity contribution in [2.24, 2.45) is 11.3 Å². The van der Waals surface area contributed by atoms with Gasteiger partial charge in [0.2, 0.25) is 11.8 Å². The van der Waals surface area contributed by atoms with Crippen molar-refractivity contribution in [2.45, 2.75) is 59.1 Å². The molecule has 1 aromatic rings. The molecule has 1 aromatic carbocycles. The molecule has 1 aliphatic heterocycles. The summed E-state index contributed by atoms with van der Waals surface area (Å²) in [5, 5.41) is 2.89.